The Labute approximate surface area is 74.4 Å². The number of anilines is 1. The zero-order valence-corrected chi connectivity index (χ0v) is 6.83. The third kappa shape index (κ3) is 1.06. The van der Waals surface area contributed by atoms with E-state index in [-0.39, 0.29) is 0 Å². The summed E-state index contributed by atoms with van der Waals surface area (Å²) in [6, 6.07) is 7.60. The number of aromatic amines is 1. The summed E-state index contributed by atoms with van der Waals surface area (Å²) in [7, 11) is 0. The number of aromatic nitrogens is 1. The predicted octanol–water partition coefficient (Wildman–Crippen LogP) is 2.12. The molecule has 13 heavy (non-hydrogen) atoms. The van der Waals surface area contributed by atoms with Gasteiger partial charge in [0.25, 0.3) is 0 Å². The third-order valence-corrected chi connectivity index (χ3v) is 1.95. The lowest BCUT2D eigenvalue weighted by molar-refractivity contribution is 1.11. The maximum absolute atomic E-state index is 6.94. The van der Waals surface area contributed by atoms with Crippen molar-refractivity contribution in [1.29, 1.82) is 5.53 Å². The molecule has 66 valence electrons. The van der Waals surface area contributed by atoms with E-state index >= 15 is 0 Å². The number of hydrazine groups is 1. The molecule has 0 aliphatic rings. The summed E-state index contributed by atoms with van der Waals surface area (Å²) < 4.78 is 0. The first-order chi connectivity index (χ1) is 6.36. The van der Waals surface area contributed by atoms with E-state index < -0.39 is 0 Å². The lowest BCUT2D eigenvalue weighted by atomic mass is 10.2. The number of nitrogens with one attached hydrogen (secondary N) is 3. The molecule has 0 bridgehead atoms. The minimum absolute atomic E-state index is 0.517. The van der Waals surface area contributed by atoms with Crippen LogP contribution in [0.15, 0.2) is 29.4 Å². The van der Waals surface area contributed by atoms with Crippen molar-refractivity contribution in [2.45, 2.75) is 0 Å². The molecule has 0 radical (unpaired) electrons. The van der Waals surface area contributed by atoms with E-state index in [0.717, 1.165) is 10.8 Å². The molecule has 2 aromatic rings. The van der Waals surface area contributed by atoms with E-state index in [9.17, 15) is 0 Å². The molecule has 0 fully saturated rings. The van der Waals surface area contributed by atoms with Crippen LogP contribution in [0.2, 0.25) is 0 Å². The second-order valence-corrected chi connectivity index (χ2v) is 2.65. The highest BCUT2D eigenvalue weighted by atomic mass is 15.3. The summed E-state index contributed by atoms with van der Waals surface area (Å²) >= 11 is 0. The highest BCUT2D eigenvalue weighted by molar-refractivity contribution is 6.00. The monoisotopic (exact) mass is 175 g/mol. The zero-order valence-electron chi connectivity index (χ0n) is 6.83. The lowest BCUT2D eigenvalue weighted by Gasteiger charge is -1.93. The second-order valence-electron chi connectivity index (χ2n) is 2.65. The highest BCUT2D eigenvalue weighted by Gasteiger charge is 2.06. The lowest BCUT2D eigenvalue weighted by Crippen LogP contribution is -2.06. The molecule has 1 aromatic heterocycles. The Bertz CT molecular complexity index is 445. The van der Waals surface area contributed by atoms with Crippen LogP contribution in [-0.4, -0.2) is 4.98 Å². The maximum Gasteiger partial charge on any atom is 0.161 e. The van der Waals surface area contributed by atoms with Gasteiger partial charge in [-0.1, -0.05) is 24.3 Å². The van der Waals surface area contributed by atoms with E-state index in [1.54, 1.807) is 0 Å². The molecule has 0 aliphatic heterocycles. The van der Waals surface area contributed by atoms with E-state index in [1.807, 2.05) is 24.3 Å². The van der Waals surface area contributed by atoms with E-state index in [4.69, 9.17) is 11.4 Å². The molecule has 1 aromatic carbocycles. The fraction of sp³-hybridized carbons (Fsp3) is 0. The van der Waals surface area contributed by atoms with Gasteiger partial charge in [-0.25, -0.2) is 11.4 Å². The third-order valence-electron chi connectivity index (χ3n) is 1.95. The Balaban J connectivity index is 2.81. The SMILES string of the molecule is N=Nc1[nH]c(NN)c2ccccc12. The smallest absolute Gasteiger partial charge is 0.161 e. The van der Waals surface area contributed by atoms with Crippen molar-refractivity contribution in [3.63, 3.8) is 0 Å². The van der Waals surface area contributed by atoms with Crippen molar-refractivity contribution in [2.75, 3.05) is 5.43 Å². The number of nitrogens with zero attached hydrogens (tertiary/aromatic N) is 1. The standard InChI is InChI=1S/C8H9N5/c9-12-7-5-3-1-2-4-6(5)8(11-7)13-10/h1-4,9,11,13H,10H2. The van der Waals surface area contributed by atoms with Crippen molar-refractivity contribution in [3.8, 4) is 0 Å². The van der Waals surface area contributed by atoms with Crippen LogP contribution in [-0.2, 0) is 0 Å². The molecule has 0 saturated carbocycles. The number of fused-ring (bicyclic) bond motifs is 1. The number of rotatable bonds is 2. The molecular weight excluding hydrogens is 166 g/mol. The van der Waals surface area contributed by atoms with Gasteiger partial charge in [0.1, 0.15) is 5.82 Å². The molecule has 5 N–H and O–H groups in total. The molecule has 1 heterocycles. The summed E-state index contributed by atoms with van der Waals surface area (Å²) in [5.74, 6) is 6.50. The molecule has 0 atom stereocenters. The Kier molecular flexibility index (Phi) is 1.71. The van der Waals surface area contributed by atoms with Gasteiger partial charge in [0.2, 0.25) is 0 Å². The largest absolute Gasteiger partial charge is 0.323 e. The summed E-state index contributed by atoms with van der Waals surface area (Å²) in [5, 5.41) is 5.20. The summed E-state index contributed by atoms with van der Waals surface area (Å²) in [6.07, 6.45) is 0. The molecule has 0 unspecified atom stereocenters. The number of H-pyrrole nitrogens is 1. The highest BCUT2D eigenvalue weighted by Crippen LogP contribution is 2.30. The molecule has 2 rings (SSSR count). The first-order valence-electron chi connectivity index (χ1n) is 3.81. The molecule has 5 heteroatoms. The van der Waals surface area contributed by atoms with Gasteiger partial charge in [-0.2, -0.15) is 0 Å². The van der Waals surface area contributed by atoms with Crippen molar-refractivity contribution in [2.24, 2.45) is 11.0 Å². The van der Waals surface area contributed by atoms with Crippen LogP contribution < -0.4 is 11.3 Å². The molecule has 0 amide bonds. The predicted molar refractivity (Wildman–Crippen MR) is 50.9 cm³/mol. The summed E-state index contributed by atoms with van der Waals surface area (Å²) in [6.45, 7) is 0. The number of nitrogens with two attached hydrogens (primary N) is 1. The van der Waals surface area contributed by atoms with Crippen LogP contribution in [0.3, 0.4) is 0 Å². The molecular formula is C8H9N5. The number of hydrogen-bond acceptors (Lipinski definition) is 4. The molecule has 5 nitrogen and oxygen atoms in total. The van der Waals surface area contributed by atoms with E-state index in [2.05, 4.69) is 15.5 Å². The molecule has 0 saturated heterocycles. The van der Waals surface area contributed by atoms with Crippen LogP contribution >= 0.6 is 0 Å². The van der Waals surface area contributed by atoms with Crippen molar-refractivity contribution in [3.05, 3.63) is 24.3 Å². The number of nitrogen functional groups attached to an aromatic ring is 1. The van der Waals surface area contributed by atoms with Gasteiger partial charge >= 0.3 is 0 Å². The topological polar surface area (TPSA) is 90.0 Å². The fourth-order valence-corrected chi connectivity index (χ4v) is 1.36. The molecule has 0 aliphatic carbocycles. The second kappa shape index (κ2) is 2.87. The van der Waals surface area contributed by atoms with Gasteiger partial charge in [0.05, 0.1) is 0 Å². The maximum atomic E-state index is 6.94. The Morgan fingerprint density at radius 3 is 2.62 bits per heavy atom. The summed E-state index contributed by atoms with van der Waals surface area (Å²) in [4.78, 5) is 2.90. The van der Waals surface area contributed by atoms with Gasteiger partial charge in [0, 0.05) is 10.8 Å². The number of benzene rings is 1. The Morgan fingerprint density at radius 1 is 1.31 bits per heavy atom. The van der Waals surface area contributed by atoms with E-state index in [0.29, 0.717) is 11.6 Å². The minimum atomic E-state index is 0.517. The van der Waals surface area contributed by atoms with Crippen molar-refractivity contribution in [1.82, 2.24) is 4.98 Å². The summed E-state index contributed by atoms with van der Waals surface area (Å²) in [5.41, 5.74) is 9.47. The first kappa shape index (κ1) is 7.75. The first-order valence-corrected chi connectivity index (χ1v) is 3.81. The quantitative estimate of drug-likeness (QED) is 0.320. The van der Waals surface area contributed by atoms with Crippen LogP contribution in [0.5, 0.6) is 0 Å². The van der Waals surface area contributed by atoms with Crippen LogP contribution in [0.4, 0.5) is 11.6 Å². The van der Waals surface area contributed by atoms with Gasteiger partial charge in [-0.3, -0.25) is 0 Å². The Morgan fingerprint density at radius 2 is 2.00 bits per heavy atom. The van der Waals surface area contributed by atoms with Crippen LogP contribution in [0.1, 0.15) is 0 Å². The van der Waals surface area contributed by atoms with E-state index in [1.165, 1.54) is 0 Å². The van der Waals surface area contributed by atoms with Crippen LogP contribution in [0, 0.1) is 5.53 Å². The average molecular weight is 175 g/mol. The number of hydrogen-bond donors (Lipinski definition) is 4. The fourth-order valence-electron chi connectivity index (χ4n) is 1.36. The van der Waals surface area contributed by atoms with Crippen LogP contribution in [0.25, 0.3) is 10.8 Å². The zero-order chi connectivity index (χ0) is 9.26. The molecule has 0 spiro atoms. The van der Waals surface area contributed by atoms with Gasteiger partial charge in [-0.05, 0) is 0 Å². The van der Waals surface area contributed by atoms with Crippen molar-refractivity contribution < 1.29 is 0 Å². The van der Waals surface area contributed by atoms with Gasteiger partial charge in [-0.15, -0.1) is 5.11 Å². The Hall–Kier alpha value is -1.88. The average Bonchev–Trinajstić information content (AvgIpc) is 2.56. The van der Waals surface area contributed by atoms with Gasteiger partial charge in [0.15, 0.2) is 5.82 Å². The minimum Gasteiger partial charge on any atom is -0.323 e. The van der Waals surface area contributed by atoms with Gasteiger partial charge < -0.3 is 10.4 Å². The normalized spacial score (nSPS) is 10.2. The van der Waals surface area contributed by atoms with Crippen molar-refractivity contribution >= 4 is 22.4 Å².